The molecule has 4 rings (SSSR count). The largest absolute Gasteiger partial charge is 0.352 e. The van der Waals surface area contributed by atoms with Crippen molar-refractivity contribution < 1.29 is 9.59 Å². The average Bonchev–Trinajstić information content (AvgIpc) is 2.88. The number of anilines is 3. The van der Waals surface area contributed by atoms with Gasteiger partial charge in [-0.15, -0.1) is 0 Å². The lowest BCUT2D eigenvalue weighted by atomic mass is 9.92. The van der Waals surface area contributed by atoms with Crippen molar-refractivity contribution in [1.29, 1.82) is 0 Å². The summed E-state index contributed by atoms with van der Waals surface area (Å²) >= 11 is 6.10. The van der Waals surface area contributed by atoms with Crippen molar-refractivity contribution in [3.05, 3.63) is 64.8 Å². The summed E-state index contributed by atoms with van der Waals surface area (Å²) in [4.78, 5) is 33.6. The first-order valence-electron chi connectivity index (χ1n) is 10.8. The molecule has 8 heteroatoms. The van der Waals surface area contributed by atoms with Crippen molar-refractivity contribution in [2.45, 2.75) is 33.6 Å². The Morgan fingerprint density at radius 3 is 2.64 bits per heavy atom. The molecule has 0 fully saturated rings. The molecule has 3 aromatic rings. The van der Waals surface area contributed by atoms with E-state index in [9.17, 15) is 9.59 Å². The number of rotatable bonds is 5. The number of fused-ring (bicyclic) bond motifs is 3. The second-order valence-electron chi connectivity index (χ2n) is 9.25. The number of nitrogens with zero attached hydrogens (tertiary/aromatic N) is 2. The first kappa shape index (κ1) is 22.7. The van der Waals surface area contributed by atoms with E-state index in [1.165, 1.54) is 0 Å². The minimum absolute atomic E-state index is 0.0977. The standard InChI is InChI=1S/C25H26ClN5O2/c1-25(2,3)10-11-27-23(33)15-4-7-18(8-5-15)29-24-28-14-16-12-21(32)30-20-13-17(26)6-9-19(20)22(16)31-24/h4-9,13-14H,10-12H2,1-3H3,(H,27,33)(H,30,32)(H,28,29,31). The van der Waals surface area contributed by atoms with E-state index in [0.29, 0.717) is 34.5 Å². The van der Waals surface area contributed by atoms with Gasteiger partial charge in [0.25, 0.3) is 5.91 Å². The van der Waals surface area contributed by atoms with Gasteiger partial charge in [-0.2, -0.15) is 0 Å². The van der Waals surface area contributed by atoms with Crippen LogP contribution in [0, 0.1) is 5.41 Å². The number of amides is 2. The highest BCUT2D eigenvalue weighted by Gasteiger charge is 2.21. The Hall–Kier alpha value is -3.45. The third-order valence-electron chi connectivity index (χ3n) is 5.29. The van der Waals surface area contributed by atoms with Gasteiger partial charge in [-0.3, -0.25) is 9.59 Å². The molecule has 0 unspecified atom stereocenters. The Labute approximate surface area is 198 Å². The minimum Gasteiger partial charge on any atom is -0.352 e. The molecule has 33 heavy (non-hydrogen) atoms. The number of halogens is 1. The first-order chi connectivity index (χ1) is 15.7. The number of carbonyl (C=O) groups is 2. The maximum absolute atomic E-state index is 12.4. The third-order valence-corrected chi connectivity index (χ3v) is 5.53. The molecule has 0 saturated carbocycles. The van der Waals surface area contributed by atoms with Gasteiger partial charge >= 0.3 is 0 Å². The molecule has 2 amide bonds. The molecular formula is C25H26ClN5O2. The van der Waals surface area contributed by atoms with Crippen LogP contribution in [0.5, 0.6) is 0 Å². The molecule has 2 aromatic carbocycles. The van der Waals surface area contributed by atoms with E-state index in [1.807, 2.05) is 18.2 Å². The Morgan fingerprint density at radius 2 is 1.91 bits per heavy atom. The molecule has 0 spiro atoms. The fourth-order valence-electron chi connectivity index (χ4n) is 3.51. The lowest BCUT2D eigenvalue weighted by molar-refractivity contribution is -0.115. The second kappa shape index (κ2) is 9.19. The summed E-state index contributed by atoms with van der Waals surface area (Å²) in [5, 5.41) is 9.53. The van der Waals surface area contributed by atoms with Crippen molar-refractivity contribution >= 4 is 40.7 Å². The Kier molecular flexibility index (Phi) is 6.33. The lowest BCUT2D eigenvalue weighted by Crippen LogP contribution is -2.27. The van der Waals surface area contributed by atoms with E-state index < -0.39 is 0 Å². The molecule has 0 saturated heterocycles. The maximum atomic E-state index is 12.4. The van der Waals surface area contributed by atoms with Gasteiger partial charge in [-0.25, -0.2) is 9.97 Å². The van der Waals surface area contributed by atoms with Gasteiger partial charge in [0.05, 0.1) is 17.8 Å². The fourth-order valence-corrected chi connectivity index (χ4v) is 3.68. The van der Waals surface area contributed by atoms with Gasteiger partial charge in [-0.1, -0.05) is 32.4 Å². The van der Waals surface area contributed by atoms with Crippen molar-refractivity contribution in [3.8, 4) is 11.3 Å². The van der Waals surface area contributed by atoms with E-state index in [1.54, 1.807) is 30.5 Å². The zero-order valence-corrected chi connectivity index (χ0v) is 19.6. The van der Waals surface area contributed by atoms with Crippen LogP contribution >= 0.6 is 11.6 Å². The summed E-state index contributed by atoms with van der Waals surface area (Å²) in [6.07, 6.45) is 2.75. The normalized spacial score (nSPS) is 12.8. The Balaban J connectivity index is 1.50. The monoisotopic (exact) mass is 463 g/mol. The van der Waals surface area contributed by atoms with Gasteiger partial charge < -0.3 is 16.0 Å². The van der Waals surface area contributed by atoms with Crippen molar-refractivity contribution in [1.82, 2.24) is 15.3 Å². The van der Waals surface area contributed by atoms with Crippen molar-refractivity contribution in [3.63, 3.8) is 0 Å². The second-order valence-corrected chi connectivity index (χ2v) is 9.69. The van der Waals surface area contributed by atoms with E-state index in [0.717, 1.165) is 23.2 Å². The highest BCUT2D eigenvalue weighted by Crippen LogP contribution is 2.34. The molecule has 0 radical (unpaired) electrons. The van der Waals surface area contributed by atoms with Gasteiger partial charge in [0, 0.05) is 40.1 Å². The molecule has 7 nitrogen and oxygen atoms in total. The third kappa shape index (κ3) is 5.68. The molecule has 1 aliphatic rings. The molecule has 170 valence electrons. The van der Waals surface area contributed by atoms with Gasteiger partial charge in [-0.05, 0) is 54.3 Å². The van der Waals surface area contributed by atoms with Crippen LogP contribution in [0.4, 0.5) is 17.3 Å². The number of benzene rings is 2. The van der Waals surface area contributed by atoms with Crippen LogP contribution in [0.3, 0.4) is 0 Å². The van der Waals surface area contributed by atoms with Crippen molar-refractivity contribution in [2.75, 3.05) is 17.2 Å². The smallest absolute Gasteiger partial charge is 0.251 e. The van der Waals surface area contributed by atoms with Crippen LogP contribution in [0.2, 0.25) is 5.02 Å². The Bertz CT molecular complexity index is 1200. The highest BCUT2D eigenvalue weighted by atomic mass is 35.5. The molecule has 0 aliphatic carbocycles. The van der Waals surface area contributed by atoms with Crippen LogP contribution < -0.4 is 16.0 Å². The molecular weight excluding hydrogens is 438 g/mol. The topological polar surface area (TPSA) is 96.0 Å². The van der Waals surface area contributed by atoms with Crippen LogP contribution in [-0.2, 0) is 11.2 Å². The molecule has 0 atom stereocenters. The Morgan fingerprint density at radius 1 is 1.15 bits per heavy atom. The first-order valence-corrected chi connectivity index (χ1v) is 11.2. The summed E-state index contributed by atoms with van der Waals surface area (Å²) in [5.41, 5.74) is 4.33. The summed E-state index contributed by atoms with van der Waals surface area (Å²) in [7, 11) is 0. The fraction of sp³-hybridized carbons (Fsp3) is 0.280. The predicted molar refractivity (Wildman–Crippen MR) is 131 cm³/mol. The maximum Gasteiger partial charge on any atom is 0.251 e. The van der Waals surface area contributed by atoms with Crippen LogP contribution in [0.1, 0.15) is 43.1 Å². The van der Waals surface area contributed by atoms with Crippen LogP contribution in [-0.4, -0.2) is 28.3 Å². The quantitative estimate of drug-likeness (QED) is 0.483. The summed E-state index contributed by atoms with van der Waals surface area (Å²) in [6.45, 7) is 7.07. The predicted octanol–water partition coefficient (Wildman–Crippen LogP) is 5.20. The minimum atomic E-state index is -0.141. The molecule has 3 N–H and O–H groups in total. The average molecular weight is 464 g/mol. The van der Waals surface area contributed by atoms with E-state index in [4.69, 9.17) is 11.6 Å². The molecule has 0 bridgehead atoms. The van der Waals surface area contributed by atoms with Crippen LogP contribution in [0.15, 0.2) is 48.7 Å². The van der Waals surface area contributed by atoms with Gasteiger partial charge in [0.2, 0.25) is 11.9 Å². The SMILES string of the molecule is CC(C)(C)CCNC(=O)c1ccc(Nc2ncc3c(n2)-c2ccc(Cl)cc2NC(=O)C3)cc1. The number of aromatic nitrogens is 2. The lowest BCUT2D eigenvalue weighted by Gasteiger charge is -2.18. The molecule has 2 heterocycles. The molecule has 1 aromatic heterocycles. The van der Waals surface area contributed by atoms with Gasteiger partial charge in [0.1, 0.15) is 0 Å². The summed E-state index contributed by atoms with van der Waals surface area (Å²) in [5.74, 6) is 0.156. The summed E-state index contributed by atoms with van der Waals surface area (Å²) < 4.78 is 0. The van der Waals surface area contributed by atoms with Crippen molar-refractivity contribution in [2.24, 2.45) is 5.41 Å². The molecule has 1 aliphatic heterocycles. The number of hydrogen-bond acceptors (Lipinski definition) is 5. The zero-order valence-electron chi connectivity index (χ0n) is 18.8. The number of hydrogen-bond donors (Lipinski definition) is 3. The van der Waals surface area contributed by atoms with Crippen LogP contribution in [0.25, 0.3) is 11.3 Å². The van der Waals surface area contributed by atoms with E-state index in [2.05, 4.69) is 46.7 Å². The highest BCUT2D eigenvalue weighted by molar-refractivity contribution is 6.31. The number of carbonyl (C=O) groups excluding carboxylic acids is 2. The zero-order chi connectivity index (χ0) is 23.6. The number of nitrogens with one attached hydrogen (secondary N) is 3. The van der Waals surface area contributed by atoms with E-state index in [-0.39, 0.29) is 23.7 Å². The van der Waals surface area contributed by atoms with E-state index >= 15 is 0 Å². The van der Waals surface area contributed by atoms with Gasteiger partial charge in [0.15, 0.2) is 0 Å². The summed E-state index contributed by atoms with van der Waals surface area (Å²) in [6, 6.07) is 12.5.